The Labute approximate surface area is 97.9 Å². The Bertz CT molecular complexity index is 230. The monoisotopic (exact) mass is 225 g/mol. The van der Waals surface area contributed by atoms with Crippen molar-refractivity contribution in [1.29, 1.82) is 0 Å². The topological polar surface area (TPSA) is 38.3 Å². The van der Waals surface area contributed by atoms with Crippen molar-refractivity contribution in [2.24, 2.45) is 5.92 Å². The number of Topliss-reactive ketones (excluding diaryl/α,β-unsaturated/α-hetero) is 1. The summed E-state index contributed by atoms with van der Waals surface area (Å²) in [6.07, 6.45) is 6.22. The van der Waals surface area contributed by atoms with Crippen LogP contribution in [-0.2, 0) is 9.53 Å². The molecule has 0 radical (unpaired) electrons. The highest BCUT2D eigenvalue weighted by Crippen LogP contribution is 2.26. The van der Waals surface area contributed by atoms with E-state index in [0.717, 1.165) is 38.9 Å². The number of morpholine rings is 1. The predicted octanol–water partition coefficient (Wildman–Crippen LogP) is 1.90. The SMILES string of the molecule is CCCCCC(=O)C1CC2COCC(C1)N2. The van der Waals surface area contributed by atoms with Gasteiger partial charge < -0.3 is 10.1 Å². The molecule has 2 unspecified atom stereocenters. The first-order valence-corrected chi connectivity index (χ1v) is 6.66. The smallest absolute Gasteiger partial charge is 0.136 e. The van der Waals surface area contributed by atoms with Gasteiger partial charge in [0.25, 0.3) is 0 Å². The number of ketones is 1. The molecule has 92 valence electrons. The summed E-state index contributed by atoms with van der Waals surface area (Å²) < 4.78 is 5.49. The van der Waals surface area contributed by atoms with Crippen molar-refractivity contribution in [1.82, 2.24) is 5.32 Å². The zero-order valence-electron chi connectivity index (χ0n) is 10.2. The Balaban J connectivity index is 1.78. The molecule has 2 aliphatic heterocycles. The second kappa shape index (κ2) is 5.78. The van der Waals surface area contributed by atoms with Crippen molar-refractivity contribution in [3.8, 4) is 0 Å². The van der Waals surface area contributed by atoms with Crippen LogP contribution in [0.4, 0.5) is 0 Å². The van der Waals surface area contributed by atoms with Crippen molar-refractivity contribution >= 4 is 5.78 Å². The van der Waals surface area contributed by atoms with E-state index in [1.807, 2.05) is 0 Å². The maximum Gasteiger partial charge on any atom is 0.136 e. The molecule has 2 fully saturated rings. The van der Waals surface area contributed by atoms with Crippen molar-refractivity contribution < 1.29 is 9.53 Å². The van der Waals surface area contributed by atoms with E-state index in [-0.39, 0.29) is 0 Å². The molecule has 2 bridgehead atoms. The molecule has 3 nitrogen and oxygen atoms in total. The second-order valence-corrected chi connectivity index (χ2v) is 5.19. The zero-order chi connectivity index (χ0) is 11.4. The number of fused-ring (bicyclic) bond motifs is 2. The van der Waals surface area contributed by atoms with E-state index in [2.05, 4.69) is 12.2 Å². The summed E-state index contributed by atoms with van der Waals surface area (Å²) in [7, 11) is 0. The third kappa shape index (κ3) is 3.05. The molecule has 0 aromatic carbocycles. The van der Waals surface area contributed by atoms with E-state index in [4.69, 9.17) is 4.74 Å². The number of hydrogen-bond acceptors (Lipinski definition) is 3. The van der Waals surface area contributed by atoms with Crippen LogP contribution in [0, 0.1) is 5.92 Å². The van der Waals surface area contributed by atoms with Gasteiger partial charge in [0.15, 0.2) is 0 Å². The summed E-state index contributed by atoms with van der Waals surface area (Å²) in [5.41, 5.74) is 0. The Morgan fingerprint density at radius 3 is 2.56 bits per heavy atom. The van der Waals surface area contributed by atoms with Crippen LogP contribution >= 0.6 is 0 Å². The minimum Gasteiger partial charge on any atom is -0.378 e. The van der Waals surface area contributed by atoms with Crippen LogP contribution in [0.3, 0.4) is 0 Å². The number of nitrogens with one attached hydrogen (secondary N) is 1. The van der Waals surface area contributed by atoms with Crippen LogP contribution < -0.4 is 5.32 Å². The molecule has 0 aromatic heterocycles. The van der Waals surface area contributed by atoms with E-state index < -0.39 is 0 Å². The largest absolute Gasteiger partial charge is 0.378 e. The zero-order valence-corrected chi connectivity index (χ0v) is 10.2. The molecule has 1 N–H and O–H groups in total. The third-order valence-electron chi connectivity index (χ3n) is 3.73. The molecule has 0 aromatic rings. The Morgan fingerprint density at radius 2 is 1.94 bits per heavy atom. The molecule has 2 saturated heterocycles. The first-order valence-electron chi connectivity index (χ1n) is 6.66. The first kappa shape index (κ1) is 12.1. The summed E-state index contributed by atoms with van der Waals surface area (Å²) >= 11 is 0. The van der Waals surface area contributed by atoms with Crippen molar-refractivity contribution in [3.63, 3.8) is 0 Å². The summed E-state index contributed by atoms with van der Waals surface area (Å²) in [4.78, 5) is 12.0. The van der Waals surface area contributed by atoms with Gasteiger partial charge in [0, 0.05) is 24.4 Å². The van der Waals surface area contributed by atoms with Gasteiger partial charge in [-0.15, -0.1) is 0 Å². The van der Waals surface area contributed by atoms with Gasteiger partial charge in [-0.25, -0.2) is 0 Å². The maximum absolute atomic E-state index is 12.0. The minimum atomic E-state index is 0.303. The lowest BCUT2D eigenvalue weighted by Crippen LogP contribution is -2.55. The van der Waals surface area contributed by atoms with Crippen LogP contribution in [0.5, 0.6) is 0 Å². The standard InChI is InChI=1S/C13H23NO2/c1-2-3-4-5-13(15)10-6-11-8-16-9-12(7-10)14-11/h10-12,14H,2-9H2,1H3. The lowest BCUT2D eigenvalue weighted by atomic mass is 9.83. The molecule has 16 heavy (non-hydrogen) atoms. The fourth-order valence-corrected chi connectivity index (χ4v) is 2.85. The van der Waals surface area contributed by atoms with Crippen LogP contribution in [0.25, 0.3) is 0 Å². The van der Waals surface area contributed by atoms with E-state index in [1.165, 1.54) is 12.8 Å². The highest BCUT2D eigenvalue weighted by molar-refractivity contribution is 5.81. The lowest BCUT2D eigenvalue weighted by Gasteiger charge is -2.39. The average molecular weight is 225 g/mol. The molecule has 3 heteroatoms. The number of unbranched alkanes of at least 4 members (excludes halogenated alkanes) is 2. The van der Waals surface area contributed by atoms with Crippen LogP contribution in [0.15, 0.2) is 0 Å². The Kier molecular flexibility index (Phi) is 4.36. The number of rotatable bonds is 5. The van der Waals surface area contributed by atoms with Crippen molar-refractivity contribution in [2.45, 2.75) is 57.5 Å². The number of piperidine rings is 1. The molecule has 0 saturated carbocycles. The molecule has 0 aliphatic carbocycles. The molecular weight excluding hydrogens is 202 g/mol. The van der Waals surface area contributed by atoms with Gasteiger partial charge in [-0.05, 0) is 19.3 Å². The number of carbonyl (C=O) groups is 1. The molecule has 2 rings (SSSR count). The third-order valence-corrected chi connectivity index (χ3v) is 3.73. The fourth-order valence-electron chi connectivity index (χ4n) is 2.85. The molecular formula is C13H23NO2. The first-order chi connectivity index (χ1) is 7.79. The molecule has 0 spiro atoms. The number of hydrogen-bond donors (Lipinski definition) is 1. The normalized spacial score (nSPS) is 33.7. The van der Waals surface area contributed by atoms with Gasteiger partial charge in [-0.3, -0.25) is 4.79 Å². The quantitative estimate of drug-likeness (QED) is 0.726. The van der Waals surface area contributed by atoms with Gasteiger partial charge in [0.05, 0.1) is 13.2 Å². The van der Waals surface area contributed by atoms with E-state index in [9.17, 15) is 4.79 Å². The number of carbonyl (C=O) groups excluding carboxylic acids is 1. The van der Waals surface area contributed by atoms with Gasteiger partial charge in [-0.2, -0.15) is 0 Å². The summed E-state index contributed by atoms with van der Waals surface area (Å²) in [5.74, 6) is 0.795. The molecule has 2 aliphatic rings. The molecule has 0 amide bonds. The predicted molar refractivity (Wildman–Crippen MR) is 63.4 cm³/mol. The van der Waals surface area contributed by atoms with E-state index in [1.54, 1.807) is 0 Å². The molecule has 2 heterocycles. The summed E-state index contributed by atoms with van der Waals surface area (Å²) in [5, 5.41) is 3.53. The Hall–Kier alpha value is -0.410. The molecule has 2 atom stereocenters. The van der Waals surface area contributed by atoms with Crippen LogP contribution in [-0.4, -0.2) is 31.1 Å². The highest BCUT2D eigenvalue weighted by Gasteiger charge is 2.34. The van der Waals surface area contributed by atoms with Crippen LogP contribution in [0.2, 0.25) is 0 Å². The summed E-state index contributed by atoms with van der Waals surface area (Å²) in [6.45, 7) is 3.75. The van der Waals surface area contributed by atoms with Crippen LogP contribution in [0.1, 0.15) is 45.4 Å². The van der Waals surface area contributed by atoms with Crippen molar-refractivity contribution in [2.75, 3.05) is 13.2 Å². The van der Waals surface area contributed by atoms with E-state index in [0.29, 0.717) is 23.8 Å². The number of ether oxygens (including phenoxy) is 1. The van der Waals surface area contributed by atoms with Gasteiger partial charge >= 0.3 is 0 Å². The van der Waals surface area contributed by atoms with Gasteiger partial charge in [0.2, 0.25) is 0 Å². The average Bonchev–Trinajstić information content (AvgIpc) is 2.28. The Morgan fingerprint density at radius 1 is 1.25 bits per heavy atom. The summed E-state index contributed by atoms with van der Waals surface area (Å²) in [6, 6.07) is 0.847. The highest BCUT2D eigenvalue weighted by atomic mass is 16.5. The van der Waals surface area contributed by atoms with Crippen molar-refractivity contribution in [3.05, 3.63) is 0 Å². The lowest BCUT2D eigenvalue weighted by molar-refractivity contribution is -0.126. The maximum atomic E-state index is 12.0. The van der Waals surface area contributed by atoms with Gasteiger partial charge in [0.1, 0.15) is 5.78 Å². The minimum absolute atomic E-state index is 0.303. The second-order valence-electron chi connectivity index (χ2n) is 5.19. The van der Waals surface area contributed by atoms with Gasteiger partial charge in [-0.1, -0.05) is 19.8 Å². The van der Waals surface area contributed by atoms with E-state index >= 15 is 0 Å². The fraction of sp³-hybridized carbons (Fsp3) is 0.923.